The topological polar surface area (TPSA) is 70.2 Å². The summed E-state index contributed by atoms with van der Waals surface area (Å²) in [5.41, 5.74) is 0.973. The van der Waals surface area contributed by atoms with E-state index in [4.69, 9.17) is 0 Å². The molecule has 2 aromatic rings. The Morgan fingerprint density at radius 1 is 1.04 bits per heavy atom. The van der Waals surface area contributed by atoms with E-state index in [9.17, 15) is 9.59 Å². The molecule has 1 fully saturated rings. The summed E-state index contributed by atoms with van der Waals surface area (Å²) in [7, 11) is 0. The van der Waals surface area contributed by atoms with Crippen LogP contribution in [0.5, 0.6) is 0 Å². The summed E-state index contributed by atoms with van der Waals surface area (Å²) in [5, 5.41) is 11.1. The molecule has 24 heavy (non-hydrogen) atoms. The number of fused-ring (bicyclic) bond motifs is 1. The SMILES string of the molecule is O=C(CNC(=O)Cc1cccc2ccccc12)NCC1CCCN1. The molecule has 2 aromatic carbocycles. The van der Waals surface area contributed by atoms with Gasteiger partial charge in [-0.3, -0.25) is 9.59 Å². The molecule has 5 nitrogen and oxygen atoms in total. The van der Waals surface area contributed by atoms with Crippen molar-refractivity contribution >= 4 is 22.6 Å². The Morgan fingerprint density at radius 3 is 2.71 bits per heavy atom. The number of carbonyl (C=O) groups excluding carboxylic acids is 2. The van der Waals surface area contributed by atoms with Crippen molar-refractivity contribution < 1.29 is 9.59 Å². The van der Waals surface area contributed by atoms with Gasteiger partial charge in [-0.1, -0.05) is 42.5 Å². The van der Waals surface area contributed by atoms with Crippen molar-refractivity contribution in [2.24, 2.45) is 0 Å². The molecular formula is C19H23N3O2. The predicted molar refractivity (Wildman–Crippen MR) is 94.7 cm³/mol. The predicted octanol–water partition coefficient (Wildman–Crippen LogP) is 1.37. The van der Waals surface area contributed by atoms with Crippen LogP contribution in [-0.4, -0.2) is 37.5 Å². The van der Waals surface area contributed by atoms with Crippen LogP contribution < -0.4 is 16.0 Å². The Balaban J connectivity index is 1.47. The fraction of sp³-hybridized carbons (Fsp3) is 0.368. The van der Waals surface area contributed by atoms with E-state index in [1.54, 1.807) is 0 Å². The molecule has 1 heterocycles. The zero-order valence-corrected chi connectivity index (χ0v) is 13.7. The standard InChI is InChI=1S/C19H23N3O2/c23-18(22-13-19(24)21-12-16-8-4-10-20-16)11-15-7-3-6-14-5-1-2-9-17(14)15/h1-3,5-7,9,16,20H,4,8,10-13H2,(H,21,24)(H,22,23). The Hall–Kier alpha value is -2.40. The molecule has 1 atom stereocenters. The van der Waals surface area contributed by atoms with Gasteiger partial charge in [-0.2, -0.15) is 0 Å². The number of benzene rings is 2. The molecule has 5 heteroatoms. The Bertz CT molecular complexity index is 718. The van der Waals surface area contributed by atoms with Gasteiger partial charge in [0, 0.05) is 12.6 Å². The van der Waals surface area contributed by atoms with E-state index in [-0.39, 0.29) is 24.8 Å². The highest BCUT2D eigenvalue weighted by molar-refractivity contribution is 5.91. The Labute approximate surface area is 141 Å². The highest BCUT2D eigenvalue weighted by Gasteiger charge is 2.15. The van der Waals surface area contributed by atoms with Crippen LogP contribution in [0.25, 0.3) is 10.8 Å². The second-order valence-electron chi connectivity index (χ2n) is 6.19. The highest BCUT2D eigenvalue weighted by Crippen LogP contribution is 2.18. The fourth-order valence-electron chi connectivity index (χ4n) is 3.09. The van der Waals surface area contributed by atoms with Gasteiger partial charge >= 0.3 is 0 Å². The second-order valence-corrected chi connectivity index (χ2v) is 6.19. The van der Waals surface area contributed by atoms with E-state index >= 15 is 0 Å². The van der Waals surface area contributed by atoms with Crippen LogP contribution in [0, 0.1) is 0 Å². The van der Waals surface area contributed by atoms with Gasteiger partial charge in [-0.05, 0) is 35.7 Å². The summed E-state index contributed by atoms with van der Waals surface area (Å²) in [5.74, 6) is -0.282. The van der Waals surface area contributed by atoms with Crippen molar-refractivity contribution in [3.05, 3.63) is 48.0 Å². The number of amides is 2. The van der Waals surface area contributed by atoms with Gasteiger partial charge in [0.15, 0.2) is 0 Å². The molecule has 1 aliphatic heterocycles. The third-order valence-electron chi connectivity index (χ3n) is 4.39. The van der Waals surface area contributed by atoms with E-state index in [1.165, 1.54) is 0 Å². The van der Waals surface area contributed by atoms with Crippen LogP contribution in [-0.2, 0) is 16.0 Å². The minimum absolute atomic E-state index is 0.0241. The van der Waals surface area contributed by atoms with Crippen molar-refractivity contribution in [3.8, 4) is 0 Å². The molecule has 3 N–H and O–H groups in total. The van der Waals surface area contributed by atoms with E-state index in [1.807, 2.05) is 42.5 Å². The van der Waals surface area contributed by atoms with E-state index in [2.05, 4.69) is 16.0 Å². The normalized spacial score (nSPS) is 16.9. The van der Waals surface area contributed by atoms with Crippen LogP contribution in [0.15, 0.2) is 42.5 Å². The summed E-state index contributed by atoms with van der Waals surface area (Å²) in [6.45, 7) is 1.66. The molecule has 0 aliphatic carbocycles. The van der Waals surface area contributed by atoms with Gasteiger partial charge in [-0.15, -0.1) is 0 Å². The summed E-state index contributed by atoms with van der Waals surface area (Å²) in [4.78, 5) is 23.9. The average molecular weight is 325 g/mol. The molecule has 1 aliphatic rings. The van der Waals surface area contributed by atoms with Crippen molar-refractivity contribution in [1.82, 2.24) is 16.0 Å². The monoisotopic (exact) mass is 325 g/mol. The molecule has 0 bridgehead atoms. The summed E-state index contributed by atoms with van der Waals surface area (Å²) in [6.07, 6.45) is 2.52. The van der Waals surface area contributed by atoms with Crippen molar-refractivity contribution in [2.75, 3.05) is 19.6 Å². The number of hydrogen-bond donors (Lipinski definition) is 3. The largest absolute Gasteiger partial charge is 0.353 e. The molecule has 0 aromatic heterocycles. The molecule has 1 unspecified atom stereocenters. The van der Waals surface area contributed by atoms with E-state index < -0.39 is 0 Å². The summed E-state index contributed by atoms with van der Waals surface area (Å²) >= 11 is 0. The first kappa shape index (κ1) is 16.5. The maximum atomic E-state index is 12.1. The van der Waals surface area contributed by atoms with Crippen LogP contribution in [0.4, 0.5) is 0 Å². The molecule has 1 saturated heterocycles. The van der Waals surface area contributed by atoms with Crippen LogP contribution in [0.1, 0.15) is 18.4 Å². The van der Waals surface area contributed by atoms with E-state index in [0.717, 1.165) is 35.7 Å². The minimum atomic E-state index is -0.144. The van der Waals surface area contributed by atoms with Gasteiger partial charge in [0.2, 0.25) is 11.8 Å². The third kappa shape index (κ3) is 4.32. The lowest BCUT2D eigenvalue weighted by Gasteiger charge is -2.12. The van der Waals surface area contributed by atoms with Crippen molar-refractivity contribution in [1.29, 1.82) is 0 Å². The van der Waals surface area contributed by atoms with Crippen molar-refractivity contribution in [3.63, 3.8) is 0 Å². The number of hydrogen-bond acceptors (Lipinski definition) is 3. The average Bonchev–Trinajstić information content (AvgIpc) is 3.12. The zero-order chi connectivity index (χ0) is 16.8. The molecule has 126 valence electrons. The van der Waals surface area contributed by atoms with Crippen molar-refractivity contribution in [2.45, 2.75) is 25.3 Å². The molecular weight excluding hydrogens is 302 g/mol. The van der Waals surface area contributed by atoms with Gasteiger partial charge in [-0.25, -0.2) is 0 Å². The smallest absolute Gasteiger partial charge is 0.239 e. The number of rotatable bonds is 6. The van der Waals surface area contributed by atoms with Crippen LogP contribution in [0.3, 0.4) is 0 Å². The van der Waals surface area contributed by atoms with Crippen LogP contribution >= 0.6 is 0 Å². The molecule has 3 rings (SSSR count). The Morgan fingerprint density at radius 2 is 1.88 bits per heavy atom. The van der Waals surface area contributed by atoms with Gasteiger partial charge in [0.1, 0.15) is 0 Å². The maximum absolute atomic E-state index is 12.1. The summed E-state index contributed by atoms with van der Waals surface area (Å²) in [6, 6.07) is 14.3. The minimum Gasteiger partial charge on any atom is -0.353 e. The quantitative estimate of drug-likeness (QED) is 0.751. The first-order valence-corrected chi connectivity index (χ1v) is 8.46. The van der Waals surface area contributed by atoms with Gasteiger partial charge in [0.25, 0.3) is 0 Å². The number of nitrogens with one attached hydrogen (secondary N) is 3. The molecule has 2 amide bonds. The lowest BCUT2D eigenvalue weighted by Crippen LogP contribution is -2.42. The third-order valence-corrected chi connectivity index (χ3v) is 4.39. The highest BCUT2D eigenvalue weighted by atomic mass is 16.2. The van der Waals surface area contributed by atoms with E-state index in [0.29, 0.717) is 12.6 Å². The summed E-state index contributed by atoms with van der Waals surface area (Å²) < 4.78 is 0. The molecule has 0 saturated carbocycles. The number of carbonyl (C=O) groups is 2. The molecule has 0 radical (unpaired) electrons. The second kappa shape index (κ2) is 7.93. The Kier molecular flexibility index (Phi) is 5.43. The zero-order valence-electron chi connectivity index (χ0n) is 13.7. The maximum Gasteiger partial charge on any atom is 0.239 e. The fourth-order valence-corrected chi connectivity index (χ4v) is 3.09. The van der Waals surface area contributed by atoms with Crippen LogP contribution in [0.2, 0.25) is 0 Å². The molecule has 0 spiro atoms. The lowest BCUT2D eigenvalue weighted by atomic mass is 10.0. The first-order valence-electron chi connectivity index (χ1n) is 8.46. The van der Waals surface area contributed by atoms with Gasteiger partial charge < -0.3 is 16.0 Å². The van der Waals surface area contributed by atoms with Gasteiger partial charge in [0.05, 0.1) is 13.0 Å². The lowest BCUT2D eigenvalue weighted by molar-refractivity contribution is -0.125. The first-order chi connectivity index (χ1) is 11.7.